The van der Waals surface area contributed by atoms with Crippen molar-refractivity contribution >= 4 is 28.5 Å². The molecule has 2 heterocycles. The molecular weight excluding hydrogens is 593 g/mol. The molecular formula is C31H31F3N6O3S. The number of rotatable bonds is 12. The lowest BCUT2D eigenvalue weighted by molar-refractivity contribution is -0.274. The van der Waals surface area contributed by atoms with Crippen LogP contribution in [0.25, 0.3) is 17.1 Å². The van der Waals surface area contributed by atoms with Gasteiger partial charge in [-0.3, -0.25) is 15.0 Å². The third-order valence-corrected chi connectivity index (χ3v) is 7.81. The molecule has 2 N–H and O–H groups in total. The number of hydrogen-bond donors (Lipinski definition) is 2. The molecule has 1 fully saturated rings. The number of benzene rings is 3. The zero-order chi connectivity index (χ0) is 31.1. The number of hydrogen-bond acceptors (Lipinski definition) is 8. The molecule has 3 aromatic carbocycles. The van der Waals surface area contributed by atoms with Crippen LogP contribution in [0.2, 0.25) is 0 Å². The number of aliphatic imine (C=N–C) groups is 1. The second-order valence-corrected chi connectivity index (χ2v) is 10.9. The van der Waals surface area contributed by atoms with Crippen molar-refractivity contribution < 1.29 is 27.8 Å². The Bertz CT molecular complexity index is 1590. The van der Waals surface area contributed by atoms with Gasteiger partial charge in [0.05, 0.1) is 17.1 Å². The van der Waals surface area contributed by atoms with Gasteiger partial charge in [0.25, 0.3) is 0 Å². The van der Waals surface area contributed by atoms with Gasteiger partial charge in [0.1, 0.15) is 12.1 Å². The summed E-state index contributed by atoms with van der Waals surface area (Å²) in [6, 6.07) is 21.0. The lowest BCUT2D eigenvalue weighted by atomic mass is 10.1. The Morgan fingerprint density at radius 2 is 1.82 bits per heavy atom. The first-order valence-electron chi connectivity index (χ1n) is 14.1. The van der Waals surface area contributed by atoms with Crippen molar-refractivity contribution in [3.63, 3.8) is 0 Å². The number of anilines is 1. The topological polar surface area (TPSA) is 105 Å². The molecule has 5 rings (SSSR count). The Morgan fingerprint density at radius 1 is 1.07 bits per heavy atom. The number of thioether (sulfide) groups is 1. The van der Waals surface area contributed by atoms with Crippen LogP contribution in [0.3, 0.4) is 0 Å². The van der Waals surface area contributed by atoms with E-state index in [2.05, 4.69) is 25.1 Å². The molecule has 1 aliphatic heterocycles. The number of alkyl halides is 3. The highest BCUT2D eigenvalue weighted by molar-refractivity contribution is 8.15. The molecule has 0 saturated carbocycles. The first-order chi connectivity index (χ1) is 21.2. The summed E-state index contributed by atoms with van der Waals surface area (Å²) in [6.07, 6.45) is -1.03. The van der Waals surface area contributed by atoms with E-state index in [0.717, 1.165) is 48.1 Å². The van der Waals surface area contributed by atoms with Crippen molar-refractivity contribution in [3.8, 4) is 22.8 Å². The number of ether oxygens (including phenoxy) is 1. The van der Waals surface area contributed by atoms with E-state index in [4.69, 9.17) is 0 Å². The number of nitrogens with one attached hydrogen (secondary N) is 1. The number of carbonyl (C=O) groups excluding carboxylic acids is 1. The minimum absolute atomic E-state index is 0.0508. The number of aliphatic hydroxyl groups excluding tert-OH is 1. The molecule has 0 radical (unpaired) electrons. The van der Waals surface area contributed by atoms with Crippen LogP contribution < -0.4 is 15.0 Å². The van der Waals surface area contributed by atoms with E-state index >= 15 is 0 Å². The molecule has 0 spiro atoms. The van der Waals surface area contributed by atoms with Crippen LogP contribution in [-0.2, 0) is 17.6 Å². The summed E-state index contributed by atoms with van der Waals surface area (Å²) in [4.78, 5) is 22.8. The number of nitrogens with zero attached hydrogens (tertiary/aromatic N) is 5. The Labute approximate surface area is 256 Å². The number of carbonyl (C=O) groups is 1. The van der Waals surface area contributed by atoms with Gasteiger partial charge in [0.2, 0.25) is 12.3 Å². The molecule has 13 heteroatoms. The molecule has 1 saturated heterocycles. The van der Waals surface area contributed by atoms with Crippen molar-refractivity contribution in [2.75, 3.05) is 17.2 Å². The second-order valence-electron chi connectivity index (χ2n) is 9.95. The van der Waals surface area contributed by atoms with Crippen molar-refractivity contribution in [1.82, 2.24) is 20.1 Å². The van der Waals surface area contributed by atoms with E-state index in [1.165, 1.54) is 47.0 Å². The lowest BCUT2D eigenvalue weighted by Gasteiger charge is -2.20. The minimum atomic E-state index is -4.74. The fraction of sp³-hybridized carbons (Fsp3) is 0.290. The molecule has 1 aliphatic rings. The largest absolute Gasteiger partial charge is 0.573 e. The van der Waals surface area contributed by atoms with Crippen LogP contribution in [0.5, 0.6) is 5.75 Å². The Balaban J connectivity index is 1.08. The highest BCUT2D eigenvalue weighted by Crippen LogP contribution is 2.30. The van der Waals surface area contributed by atoms with Gasteiger partial charge < -0.3 is 9.84 Å². The second kappa shape index (κ2) is 14.1. The number of halogens is 3. The van der Waals surface area contributed by atoms with Gasteiger partial charge in [0.15, 0.2) is 11.0 Å². The Morgan fingerprint density at radius 3 is 2.55 bits per heavy atom. The predicted molar refractivity (Wildman–Crippen MR) is 164 cm³/mol. The Kier molecular flexibility index (Phi) is 9.98. The van der Waals surface area contributed by atoms with Gasteiger partial charge in [0, 0.05) is 5.56 Å². The summed E-state index contributed by atoms with van der Waals surface area (Å²) in [7, 11) is 0. The monoisotopic (exact) mass is 624 g/mol. The van der Waals surface area contributed by atoms with E-state index in [1.54, 1.807) is 4.90 Å². The van der Waals surface area contributed by atoms with Gasteiger partial charge in [-0.05, 0) is 73.7 Å². The predicted octanol–water partition coefficient (Wildman–Crippen LogP) is 5.72. The zero-order valence-electron chi connectivity index (χ0n) is 23.9. The first-order valence-corrected chi connectivity index (χ1v) is 15.1. The molecule has 1 amide bonds. The maximum atomic E-state index is 12.6. The van der Waals surface area contributed by atoms with Crippen LogP contribution in [0, 0.1) is 0 Å². The molecule has 9 nitrogen and oxygen atoms in total. The highest BCUT2D eigenvalue weighted by Gasteiger charge is 2.32. The summed E-state index contributed by atoms with van der Waals surface area (Å²) in [5, 5.41) is 18.4. The van der Waals surface area contributed by atoms with Gasteiger partial charge in [-0.1, -0.05) is 61.2 Å². The first kappa shape index (κ1) is 31.2. The lowest BCUT2D eigenvalue weighted by Crippen LogP contribution is -2.34. The van der Waals surface area contributed by atoms with Gasteiger partial charge in [-0.2, -0.15) is 0 Å². The third-order valence-electron chi connectivity index (χ3n) is 6.87. The molecule has 1 aromatic heterocycles. The number of aromatic nitrogens is 3. The van der Waals surface area contributed by atoms with Crippen LogP contribution in [-0.4, -0.2) is 56.0 Å². The van der Waals surface area contributed by atoms with Crippen LogP contribution in [0.4, 0.5) is 18.9 Å². The molecule has 1 atom stereocenters. The number of unbranched alkanes of at least 4 members (excludes halogenated alkanes) is 1. The number of aliphatic hydroxyl groups is 1. The summed E-state index contributed by atoms with van der Waals surface area (Å²) in [5.74, 6) is 0.425. The molecule has 1 unspecified atom stereocenters. The van der Waals surface area contributed by atoms with E-state index in [9.17, 15) is 23.1 Å². The van der Waals surface area contributed by atoms with Crippen molar-refractivity contribution in [2.24, 2.45) is 4.99 Å². The summed E-state index contributed by atoms with van der Waals surface area (Å²) >= 11 is 1.32. The number of amidine groups is 1. The fourth-order valence-corrected chi connectivity index (χ4v) is 5.58. The van der Waals surface area contributed by atoms with Crippen LogP contribution in [0.1, 0.15) is 30.9 Å². The summed E-state index contributed by atoms with van der Waals surface area (Å²) in [6.45, 7) is 2.60. The fourth-order valence-electron chi connectivity index (χ4n) is 4.70. The Hall–Kier alpha value is -4.20. The van der Waals surface area contributed by atoms with E-state index < -0.39 is 12.7 Å². The number of aryl methyl sites for hydroxylation is 2. The smallest absolute Gasteiger partial charge is 0.406 e. The maximum Gasteiger partial charge on any atom is 0.573 e. The molecule has 0 aliphatic carbocycles. The number of amides is 1. The number of para-hydroxylation sites is 1. The zero-order valence-corrected chi connectivity index (χ0v) is 24.7. The van der Waals surface area contributed by atoms with Crippen LogP contribution in [0.15, 0.2) is 84.1 Å². The summed E-state index contributed by atoms with van der Waals surface area (Å²) < 4.78 is 42.5. The van der Waals surface area contributed by atoms with Gasteiger partial charge >= 0.3 is 6.36 Å². The van der Waals surface area contributed by atoms with Crippen molar-refractivity contribution in [3.05, 3.63) is 90.3 Å². The highest BCUT2D eigenvalue weighted by atomic mass is 32.2. The summed E-state index contributed by atoms with van der Waals surface area (Å²) in [5.41, 5.74) is 4.35. The van der Waals surface area contributed by atoms with Crippen LogP contribution >= 0.6 is 11.8 Å². The van der Waals surface area contributed by atoms with Crippen molar-refractivity contribution in [1.29, 1.82) is 0 Å². The SMILES string of the molecule is CCc1ccccc1N1C(=O)CS/C1=N\C(O)NCCCCc1ccc(-c2ncn(-c3ccc(OC(F)(F)F)cc3)n2)cc1. The van der Waals surface area contributed by atoms with E-state index in [-0.39, 0.29) is 17.4 Å². The molecule has 44 heavy (non-hydrogen) atoms. The normalized spacial score (nSPS) is 15.2. The minimum Gasteiger partial charge on any atom is -0.406 e. The average Bonchev–Trinajstić information content (AvgIpc) is 3.64. The standard InChI is InChI=1S/C31H31F3N6O3S/c1-2-22-8-3-4-9-26(22)40-27(41)19-44-30(40)37-29(42)35-18-6-5-7-21-10-12-23(13-11-21)28-36-20-39(38-28)24-14-16-25(17-15-24)43-31(32,33)34/h3-4,8-17,20,29,35,42H,2,5-7,18-19H2,1H3/b37-30-. The molecule has 0 bridgehead atoms. The molecule has 230 valence electrons. The van der Waals surface area contributed by atoms with Gasteiger partial charge in [-0.15, -0.1) is 18.3 Å². The molecule has 4 aromatic rings. The van der Waals surface area contributed by atoms with E-state index in [1.807, 2.05) is 55.5 Å². The maximum absolute atomic E-state index is 12.6. The third kappa shape index (κ3) is 8.04. The van der Waals surface area contributed by atoms with E-state index in [0.29, 0.717) is 23.2 Å². The average molecular weight is 625 g/mol. The quantitative estimate of drug-likeness (QED) is 0.154. The van der Waals surface area contributed by atoms with Crippen molar-refractivity contribution in [2.45, 2.75) is 45.3 Å². The van der Waals surface area contributed by atoms with Gasteiger partial charge in [-0.25, -0.2) is 14.7 Å².